The van der Waals surface area contributed by atoms with Crippen LogP contribution in [0.15, 0.2) is 42.5 Å². The minimum atomic E-state index is 0.0698. The first-order chi connectivity index (χ1) is 16.8. The zero-order valence-electron chi connectivity index (χ0n) is 23.4. The molecule has 0 unspecified atom stereocenters. The first-order valence-corrected chi connectivity index (χ1v) is 13.2. The molecule has 0 bridgehead atoms. The summed E-state index contributed by atoms with van der Waals surface area (Å²) in [6.07, 6.45) is 1.88. The molecule has 5 nitrogen and oxygen atoms in total. The Kier molecular flexibility index (Phi) is 7.14. The minimum absolute atomic E-state index is 0.0698. The Balaban J connectivity index is 1.50. The van der Waals surface area contributed by atoms with Crippen LogP contribution in [0.4, 0.5) is 0 Å². The van der Waals surface area contributed by atoms with Crippen molar-refractivity contribution in [2.24, 2.45) is 0 Å². The van der Waals surface area contributed by atoms with Crippen LogP contribution in [-0.2, 0) is 22.2 Å². The van der Waals surface area contributed by atoms with Gasteiger partial charge in [-0.05, 0) is 79.0 Å². The zero-order valence-corrected chi connectivity index (χ0v) is 23.4. The molecular formula is C31H42N4O. The van der Waals surface area contributed by atoms with Gasteiger partial charge in [0.15, 0.2) is 0 Å². The molecule has 5 heteroatoms. The highest BCUT2D eigenvalue weighted by molar-refractivity contribution is 5.76. The number of hydrogen-bond donors (Lipinski definition) is 0. The number of carbonyl (C=O) groups is 1. The second-order valence-electron chi connectivity index (χ2n) is 12.5. The monoisotopic (exact) mass is 486 g/mol. The summed E-state index contributed by atoms with van der Waals surface area (Å²) < 4.78 is 1.81. The smallest absolute Gasteiger partial charge is 0.244 e. The number of nitrogens with zero attached hydrogens (tertiary/aromatic N) is 4. The number of pyridine rings is 1. The molecule has 1 saturated heterocycles. The SMILES string of the molecule is Cc1cc(C)n(CC(=O)N2CCC(c3cccc(-c4cc(C(C)(C)C)cc(C(C)(C)C)c4)n3)CC2)n1. The molecule has 3 heterocycles. The lowest BCUT2D eigenvalue weighted by Gasteiger charge is -2.32. The molecule has 0 atom stereocenters. The highest BCUT2D eigenvalue weighted by atomic mass is 16.2. The average Bonchev–Trinajstić information content (AvgIpc) is 3.14. The molecular weight excluding hydrogens is 444 g/mol. The second-order valence-corrected chi connectivity index (χ2v) is 12.5. The van der Waals surface area contributed by atoms with E-state index < -0.39 is 0 Å². The maximum atomic E-state index is 12.9. The predicted molar refractivity (Wildman–Crippen MR) is 147 cm³/mol. The van der Waals surface area contributed by atoms with Gasteiger partial charge in [-0.2, -0.15) is 5.10 Å². The molecule has 0 spiro atoms. The van der Waals surface area contributed by atoms with Crippen LogP contribution in [-0.4, -0.2) is 38.7 Å². The normalized spacial score (nSPS) is 15.4. The van der Waals surface area contributed by atoms with Crippen molar-refractivity contribution < 1.29 is 4.79 Å². The van der Waals surface area contributed by atoms with Crippen molar-refractivity contribution in [3.8, 4) is 11.3 Å². The molecule has 2 aromatic heterocycles. The third kappa shape index (κ3) is 5.88. The maximum absolute atomic E-state index is 12.9. The van der Waals surface area contributed by atoms with Gasteiger partial charge in [-0.15, -0.1) is 0 Å². The largest absolute Gasteiger partial charge is 0.341 e. The van der Waals surface area contributed by atoms with Crippen LogP contribution in [0.5, 0.6) is 0 Å². The number of piperidine rings is 1. The first-order valence-electron chi connectivity index (χ1n) is 13.2. The number of likely N-dealkylation sites (tertiary alicyclic amines) is 1. The second kappa shape index (κ2) is 9.84. The summed E-state index contributed by atoms with van der Waals surface area (Å²) in [5.41, 5.74) is 8.16. The van der Waals surface area contributed by atoms with E-state index in [1.807, 2.05) is 29.5 Å². The molecule has 1 aliphatic rings. The summed E-state index contributed by atoms with van der Waals surface area (Å²) in [7, 11) is 0. The summed E-state index contributed by atoms with van der Waals surface area (Å²) in [5, 5.41) is 4.45. The topological polar surface area (TPSA) is 51.0 Å². The van der Waals surface area contributed by atoms with E-state index >= 15 is 0 Å². The van der Waals surface area contributed by atoms with E-state index in [2.05, 4.69) is 83.0 Å². The molecule has 1 amide bonds. The summed E-state index contributed by atoms with van der Waals surface area (Å²) in [6.45, 7) is 19.4. The Morgan fingerprint density at radius 3 is 2.06 bits per heavy atom. The Hall–Kier alpha value is -2.95. The molecule has 0 N–H and O–H groups in total. The van der Waals surface area contributed by atoms with Crippen molar-refractivity contribution in [2.75, 3.05) is 13.1 Å². The van der Waals surface area contributed by atoms with Gasteiger partial charge in [0.05, 0.1) is 11.4 Å². The average molecular weight is 487 g/mol. The lowest BCUT2D eigenvalue weighted by Crippen LogP contribution is -2.40. The Bertz CT molecular complexity index is 1200. The molecule has 192 valence electrons. The molecule has 1 aliphatic heterocycles. The van der Waals surface area contributed by atoms with Gasteiger partial charge in [0.25, 0.3) is 0 Å². The maximum Gasteiger partial charge on any atom is 0.244 e. The summed E-state index contributed by atoms with van der Waals surface area (Å²) in [5.74, 6) is 0.519. The number of aromatic nitrogens is 3. The lowest BCUT2D eigenvalue weighted by atomic mass is 9.79. The number of hydrogen-bond acceptors (Lipinski definition) is 3. The number of carbonyl (C=O) groups excluding carboxylic acids is 1. The number of benzene rings is 1. The third-order valence-corrected chi connectivity index (χ3v) is 7.39. The van der Waals surface area contributed by atoms with Crippen molar-refractivity contribution in [1.82, 2.24) is 19.7 Å². The molecule has 0 saturated carbocycles. The quantitative estimate of drug-likeness (QED) is 0.419. The number of rotatable bonds is 4. The van der Waals surface area contributed by atoms with Gasteiger partial charge in [-0.3, -0.25) is 14.5 Å². The van der Waals surface area contributed by atoms with Crippen molar-refractivity contribution in [2.45, 2.75) is 91.5 Å². The van der Waals surface area contributed by atoms with Crippen LogP contribution in [0.3, 0.4) is 0 Å². The fraction of sp³-hybridized carbons (Fsp3) is 0.516. The molecule has 0 aliphatic carbocycles. The van der Waals surface area contributed by atoms with Crippen molar-refractivity contribution in [3.05, 3.63) is 70.7 Å². The lowest BCUT2D eigenvalue weighted by molar-refractivity contribution is -0.133. The van der Waals surface area contributed by atoms with E-state index in [0.29, 0.717) is 12.5 Å². The van der Waals surface area contributed by atoms with Crippen LogP contribution in [0.25, 0.3) is 11.3 Å². The van der Waals surface area contributed by atoms with E-state index in [1.54, 1.807) is 0 Å². The van der Waals surface area contributed by atoms with Crippen molar-refractivity contribution in [3.63, 3.8) is 0 Å². The Morgan fingerprint density at radius 2 is 1.53 bits per heavy atom. The highest BCUT2D eigenvalue weighted by Crippen LogP contribution is 2.34. The van der Waals surface area contributed by atoms with Gasteiger partial charge in [0.1, 0.15) is 6.54 Å². The predicted octanol–water partition coefficient (Wildman–Crippen LogP) is 6.56. The highest BCUT2D eigenvalue weighted by Gasteiger charge is 2.26. The van der Waals surface area contributed by atoms with E-state index in [-0.39, 0.29) is 16.7 Å². The van der Waals surface area contributed by atoms with E-state index in [0.717, 1.165) is 48.7 Å². The molecule has 1 aromatic carbocycles. The van der Waals surface area contributed by atoms with E-state index in [1.165, 1.54) is 16.7 Å². The Labute approximate surface area is 216 Å². The van der Waals surface area contributed by atoms with Gasteiger partial charge in [0, 0.05) is 36.0 Å². The van der Waals surface area contributed by atoms with Crippen LogP contribution >= 0.6 is 0 Å². The van der Waals surface area contributed by atoms with Gasteiger partial charge in [-0.25, -0.2) is 0 Å². The van der Waals surface area contributed by atoms with Crippen LogP contribution < -0.4 is 0 Å². The third-order valence-electron chi connectivity index (χ3n) is 7.39. The Morgan fingerprint density at radius 1 is 0.917 bits per heavy atom. The fourth-order valence-electron chi connectivity index (χ4n) is 4.97. The van der Waals surface area contributed by atoms with Gasteiger partial charge >= 0.3 is 0 Å². The molecule has 3 aromatic rings. The minimum Gasteiger partial charge on any atom is -0.341 e. The summed E-state index contributed by atoms with van der Waals surface area (Å²) >= 11 is 0. The fourth-order valence-corrected chi connectivity index (χ4v) is 4.97. The first kappa shape index (κ1) is 26.1. The van der Waals surface area contributed by atoms with Crippen LogP contribution in [0, 0.1) is 13.8 Å². The molecule has 1 fully saturated rings. The number of amides is 1. The van der Waals surface area contributed by atoms with Gasteiger partial charge in [0.2, 0.25) is 5.91 Å². The van der Waals surface area contributed by atoms with Crippen LogP contribution in [0.1, 0.15) is 88.5 Å². The van der Waals surface area contributed by atoms with Gasteiger partial charge < -0.3 is 4.90 Å². The van der Waals surface area contributed by atoms with Crippen molar-refractivity contribution >= 4 is 5.91 Å². The summed E-state index contributed by atoms with van der Waals surface area (Å²) in [6, 6.07) is 15.4. The van der Waals surface area contributed by atoms with Crippen molar-refractivity contribution in [1.29, 1.82) is 0 Å². The van der Waals surface area contributed by atoms with E-state index in [4.69, 9.17) is 4.98 Å². The van der Waals surface area contributed by atoms with E-state index in [9.17, 15) is 4.79 Å². The standard InChI is InChI=1S/C31H42N4O/c1-21-16-22(2)35(33-21)20-29(36)34-14-12-23(13-15-34)27-10-9-11-28(32-27)24-17-25(30(3,4)5)19-26(18-24)31(6,7)8/h9-11,16-19,23H,12-15,20H2,1-8H3. The molecule has 4 rings (SSSR count). The van der Waals surface area contributed by atoms with Gasteiger partial charge in [-0.1, -0.05) is 53.7 Å². The van der Waals surface area contributed by atoms with Crippen LogP contribution in [0.2, 0.25) is 0 Å². The zero-order chi connectivity index (χ0) is 26.3. The summed E-state index contributed by atoms with van der Waals surface area (Å²) in [4.78, 5) is 20.0. The number of aryl methyl sites for hydroxylation is 2. The molecule has 36 heavy (non-hydrogen) atoms. The molecule has 0 radical (unpaired) electrons.